The smallest absolute Gasteiger partial charge is 0.262 e. The molecule has 0 aliphatic carbocycles. The highest BCUT2D eigenvalue weighted by atomic mass is 19.3. The zero-order chi connectivity index (χ0) is 13.7. The van der Waals surface area contributed by atoms with Crippen molar-refractivity contribution in [2.45, 2.75) is 12.5 Å². The fraction of sp³-hybridized carbons (Fsp3) is 0.133. The fourth-order valence-corrected chi connectivity index (χ4v) is 1.77. The number of hydrogen-bond donors (Lipinski definition) is 1. The summed E-state index contributed by atoms with van der Waals surface area (Å²) in [4.78, 5) is 11.9. The number of benzene rings is 2. The van der Waals surface area contributed by atoms with Crippen LogP contribution in [0.4, 0.5) is 8.78 Å². The summed E-state index contributed by atoms with van der Waals surface area (Å²) in [7, 11) is 0. The minimum Gasteiger partial charge on any atom is -0.339 e. The quantitative estimate of drug-likeness (QED) is 0.897. The summed E-state index contributed by atoms with van der Waals surface area (Å²) in [5, 5.41) is 2.36. The number of rotatable bonds is 4. The largest absolute Gasteiger partial charge is 0.339 e. The normalized spacial score (nSPS) is 12.2. The summed E-state index contributed by atoms with van der Waals surface area (Å²) in [6.07, 6.45) is -2.66. The Hall–Kier alpha value is -2.23. The van der Waals surface area contributed by atoms with Crippen LogP contribution in [0.2, 0.25) is 0 Å². The molecule has 0 aliphatic rings. The molecule has 0 saturated carbocycles. The highest BCUT2D eigenvalue weighted by Gasteiger charge is 2.24. The topological polar surface area (TPSA) is 29.1 Å². The van der Waals surface area contributed by atoms with Crippen molar-refractivity contribution in [2.75, 3.05) is 0 Å². The molecule has 0 spiro atoms. The van der Waals surface area contributed by atoms with Gasteiger partial charge in [-0.15, -0.1) is 0 Å². The van der Waals surface area contributed by atoms with E-state index < -0.39 is 18.4 Å². The molecule has 98 valence electrons. The summed E-state index contributed by atoms with van der Waals surface area (Å²) < 4.78 is 26.1. The van der Waals surface area contributed by atoms with Crippen molar-refractivity contribution in [3.05, 3.63) is 71.8 Å². The highest BCUT2D eigenvalue weighted by Crippen LogP contribution is 2.20. The van der Waals surface area contributed by atoms with Crippen molar-refractivity contribution in [1.29, 1.82) is 0 Å². The number of alkyl halides is 2. The highest BCUT2D eigenvalue weighted by molar-refractivity contribution is 5.94. The van der Waals surface area contributed by atoms with Crippen molar-refractivity contribution in [2.24, 2.45) is 0 Å². The fourth-order valence-electron chi connectivity index (χ4n) is 1.77. The Morgan fingerprint density at radius 3 is 1.95 bits per heavy atom. The molecule has 2 aromatic rings. The number of carbonyl (C=O) groups excluding carboxylic acids is 1. The van der Waals surface area contributed by atoms with Gasteiger partial charge in [-0.05, 0) is 17.7 Å². The number of amides is 1. The molecular weight excluding hydrogens is 248 g/mol. The molecule has 0 saturated heterocycles. The van der Waals surface area contributed by atoms with Gasteiger partial charge in [0.1, 0.15) is 6.04 Å². The molecule has 2 aromatic carbocycles. The zero-order valence-corrected chi connectivity index (χ0v) is 10.1. The standard InChI is InChI=1S/C15H13F2NO/c16-14(17)13(11-7-3-1-4-8-11)18-15(19)12-9-5-2-6-10-12/h1-10,13-14H,(H,18,19)/t13-/m0/s1. The predicted octanol–water partition coefficient (Wildman–Crippen LogP) is 3.42. The van der Waals surface area contributed by atoms with Crippen LogP contribution in [0.25, 0.3) is 0 Å². The van der Waals surface area contributed by atoms with Gasteiger partial charge in [0.25, 0.3) is 12.3 Å². The Morgan fingerprint density at radius 1 is 0.895 bits per heavy atom. The number of hydrogen-bond acceptors (Lipinski definition) is 1. The van der Waals surface area contributed by atoms with E-state index in [1.54, 1.807) is 60.7 Å². The van der Waals surface area contributed by atoms with E-state index >= 15 is 0 Å². The molecule has 2 nitrogen and oxygen atoms in total. The van der Waals surface area contributed by atoms with E-state index in [4.69, 9.17) is 0 Å². The van der Waals surface area contributed by atoms with Gasteiger partial charge in [-0.2, -0.15) is 0 Å². The summed E-state index contributed by atoms with van der Waals surface area (Å²) >= 11 is 0. The van der Waals surface area contributed by atoms with Crippen LogP contribution in [0.15, 0.2) is 60.7 Å². The van der Waals surface area contributed by atoms with Gasteiger partial charge in [-0.3, -0.25) is 4.79 Å². The molecule has 1 atom stereocenters. The second-order valence-corrected chi connectivity index (χ2v) is 4.06. The average Bonchev–Trinajstić information content (AvgIpc) is 2.46. The minimum atomic E-state index is -2.66. The van der Waals surface area contributed by atoms with Crippen molar-refractivity contribution < 1.29 is 13.6 Å². The third-order valence-electron chi connectivity index (χ3n) is 2.73. The Balaban J connectivity index is 2.17. The molecule has 19 heavy (non-hydrogen) atoms. The zero-order valence-electron chi connectivity index (χ0n) is 10.1. The van der Waals surface area contributed by atoms with Crippen LogP contribution in [0.1, 0.15) is 22.0 Å². The molecule has 0 unspecified atom stereocenters. The molecular formula is C15H13F2NO. The van der Waals surface area contributed by atoms with Gasteiger partial charge in [0, 0.05) is 5.56 Å². The third-order valence-corrected chi connectivity index (χ3v) is 2.73. The Bertz CT molecular complexity index is 528. The molecule has 2 rings (SSSR count). The first-order valence-electron chi connectivity index (χ1n) is 5.87. The predicted molar refractivity (Wildman–Crippen MR) is 69.1 cm³/mol. The lowest BCUT2D eigenvalue weighted by molar-refractivity contribution is 0.0744. The summed E-state index contributed by atoms with van der Waals surface area (Å²) in [5.41, 5.74) is 0.755. The lowest BCUT2D eigenvalue weighted by Gasteiger charge is -2.18. The van der Waals surface area contributed by atoms with Gasteiger partial charge >= 0.3 is 0 Å². The SMILES string of the molecule is O=C(N[C@@H](c1ccccc1)C(F)F)c1ccccc1. The van der Waals surface area contributed by atoms with Crippen molar-refractivity contribution >= 4 is 5.91 Å². The van der Waals surface area contributed by atoms with Gasteiger partial charge in [0.2, 0.25) is 0 Å². The van der Waals surface area contributed by atoms with Crippen molar-refractivity contribution in [3.8, 4) is 0 Å². The van der Waals surface area contributed by atoms with Crippen LogP contribution in [-0.4, -0.2) is 12.3 Å². The third kappa shape index (κ3) is 3.37. The second-order valence-electron chi connectivity index (χ2n) is 4.06. The summed E-state index contributed by atoms with van der Waals surface area (Å²) in [5.74, 6) is -0.505. The van der Waals surface area contributed by atoms with E-state index in [-0.39, 0.29) is 0 Å². The van der Waals surface area contributed by atoms with Gasteiger partial charge in [-0.1, -0.05) is 48.5 Å². The molecule has 1 N–H and O–H groups in total. The van der Waals surface area contributed by atoms with Gasteiger partial charge in [-0.25, -0.2) is 8.78 Å². The molecule has 0 bridgehead atoms. The van der Waals surface area contributed by atoms with Gasteiger partial charge in [0.15, 0.2) is 0 Å². The van der Waals surface area contributed by atoms with Crippen molar-refractivity contribution in [1.82, 2.24) is 5.32 Å². The first-order chi connectivity index (χ1) is 9.18. The maximum Gasteiger partial charge on any atom is 0.262 e. The Morgan fingerprint density at radius 2 is 1.42 bits per heavy atom. The Kier molecular flexibility index (Phi) is 4.23. The van der Waals surface area contributed by atoms with E-state index in [0.717, 1.165) is 0 Å². The first-order valence-corrected chi connectivity index (χ1v) is 5.87. The molecule has 1 amide bonds. The average molecular weight is 261 g/mol. The van der Waals surface area contributed by atoms with Gasteiger partial charge < -0.3 is 5.32 Å². The van der Waals surface area contributed by atoms with E-state index in [9.17, 15) is 13.6 Å². The lowest BCUT2D eigenvalue weighted by atomic mass is 10.1. The minimum absolute atomic E-state index is 0.365. The van der Waals surface area contributed by atoms with E-state index in [2.05, 4.69) is 5.32 Å². The lowest BCUT2D eigenvalue weighted by Crippen LogP contribution is -2.32. The van der Waals surface area contributed by atoms with E-state index in [1.807, 2.05) is 0 Å². The van der Waals surface area contributed by atoms with E-state index in [0.29, 0.717) is 11.1 Å². The molecule has 0 aromatic heterocycles. The molecule has 0 radical (unpaired) electrons. The summed E-state index contributed by atoms with van der Waals surface area (Å²) in [6.45, 7) is 0. The summed E-state index contributed by atoms with van der Waals surface area (Å²) in [6, 6.07) is 15.2. The molecule has 4 heteroatoms. The number of nitrogens with one attached hydrogen (secondary N) is 1. The van der Waals surface area contributed by atoms with Gasteiger partial charge in [0.05, 0.1) is 0 Å². The van der Waals surface area contributed by atoms with E-state index in [1.165, 1.54) is 0 Å². The maximum absolute atomic E-state index is 13.0. The molecule has 0 fully saturated rings. The Labute approximate surface area is 110 Å². The van der Waals surface area contributed by atoms with Crippen LogP contribution in [0, 0.1) is 0 Å². The van der Waals surface area contributed by atoms with Crippen molar-refractivity contribution in [3.63, 3.8) is 0 Å². The second kappa shape index (κ2) is 6.09. The van der Waals surface area contributed by atoms with Crippen LogP contribution < -0.4 is 5.32 Å². The van der Waals surface area contributed by atoms with Crippen LogP contribution in [0.5, 0.6) is 0 Å². The molecule has 0 aliphatic heterocycles. The first kappa shape index (κ1) is 13.2. The van der Waals surface area contributed by atoms with Crippen LogP contribution >= 0.6 is 0 Å². The van der Waals surface area contributed by atoms with Crippen LogP contribution in [0.3, 0.4) is 0 Å². The molecule has 0 heterocycles. The van der Waals surface area contributed by atoms with Crippen LogP contribution in [-0.2, 0) is 0 Å². The monoisotopic (exact) mass is 261 g/mol. The maximum atomic E-state index is 13.0. The number of halogens is 2. The number of carbonyl (C=O) groups is 1.